The van der Waals surface area contributed by atoms with Crippen molar-refractivity contribution in [3.63, 3.8) is 0 Å². The predicted octanol–water partition coefficient (Wildman–Crippen LogP) is 5.04. The Kier molecular flexibility index (Phi) is 4.16. The SMILES string of the molecule is Oc1ccc(C(c2ccc(O)cc2)c2ccc(Br)cc2)cc1. The quantitative estimate of drug-likeness (QED) is 0.646. The third-order valence-corrected chi connectivity index (χ3v) is 4.18. The second-order valence-electron chi connectivity index (χ2n) is 5.17. The van der Waals surface area contributed by atoms with E-state index in [1.54, 1.807) is 24.3 Å². The fourth-order valence-corrected chi connectivity index (χ4v) is 2.83. The maximum atomic E-state index is 9.51. The van der Waals surface area contributed by atoms with Gasteiger partial charge in [-0.1, -0.05) is 52.3 Å². The monoisotopic (exact) mass is 354 g/mol. The first-order valence-electron chi connectivity index (χ1n) is 6.97. The summed E-state index contributed by atoms with van der Waals surface area (Å²) in [5, 5.41) is 19.0. The summed E-state index contributed by atoms with van der Waals surface area (Å²) in [6, 6.07) is 22.7. The molecule has 0 unspecified atom stereocenters. The lowest BCUT2D eigenvalue weighted by Crippen LogP contribution is -2.03. The second-order valence-corrected chi connectivity index (χ2v) is 6.08. The molecule has 3 aromatic rings. The van der Waals surface area contributed by atoms with Crippen LogP contribution < -0.4 is 0 Å². The van der Waals surface area contributed by atoms with Crippen LogP contribution in [-0.2, 0) is 0 Å². The van der Waals surface area contributed by atoms with Crippen molar-refractivity contribution in [1.82, 2.24) is 0 Å². The van der Waals surface area contributed by atoms with Crippen LogP contribution in [0.4, 0.5) is 0 Å². The Labute approximate surface area is 137 Å². The maximum absolute atomic E-state index is 9.51. The van der Waals surface area contributed by atoms with Gasteiger partial charge in [-0.2, -0.15) is 0 Å². The van der Waals surface area contributed by atoms with Crippen LogP contribution in [0.15, 0.2) is 77.3 Å². The van der Waals surface area contributed by atoms with Crippen LogP contribution in [0.25, 0.3) is 0 Å². The van der Waals surface area contributed by atoms with Crippen LogP contribution in [0.2, 0.25) is 0 Å². The van der Waals surface area contributed by atoms with E-state index in [1.165, 1.54) is 0 Å². The average molecular weight is 355 g/mol. The number of phenols is 2. The van der Waals surface area contributed by atoms with E-state index in [-0.39, 0.29) is 17.4 Å². The van der Waals surface area contributed by atoms with E-state index in [0.717, 1.165) is 21.2 Å². The molecule has 3 rings (SSSR count). The van der Waals surface area contributed by atoms with Gasteiger partial charge in [-0.25, -0.2) is 0 Å². The number of hydrogen-bond donors (Lipinski definition) is 2. The minimum Gasteiger partial charge on any atom is -0.508 e. The van der Waals surface area contributed by atoms with Crippen molar-refractivity contribution in [2.75, 3.05) is 0 Å². The van der Waals surface area contributed by atoms with Gasteiger partial charge < -0.3 is 10.2 Å². The number of aromatic hydroxyl groups is 2. The molecule has 2 nitrogen and oxygen atoms in total. The molecule has 0 bridgehead atoms. The second kappa shape index (κ2) is 6.24. The van der Waals surface area contributed by atoms with E-state index in [0.29, 0.717) is 0 Å². The molecule has 0 amide bonds. The van der Waals surface area contributed by atoms with Crippen molar-refractivity contribution in [2.24, 2.45) is 0 Å². The summed E-state index contributed by atoms with van der Waals surface area (Å²) in [5.41, 5.74) is 3.33. The van der Waals surface area contributed by atoms with Crippen molar-refractivity contribution in [2.45, 2.75) is 5.92 Å². The van der Waals surface area contributed by atoms with Crippen molar-refractivity contribution in [1.29, 1.82) is 0 Å². The lowest BCUT2D eigenvalue weighted by Gasteiger charge is -2.19. The molecular formula is C19H15BrO2. The van der Waals surface area contributed by atoms with E-state index >= 15 is 0 Å². The number of phenolic OH excluding ortho intramolecular Hbond substituents is 2. The highest BCUT2D eigenvalue weighted by Crippen LogP contribution is 2.34. The lowest BCUT2D eigenvalue weighted by molar-refractivity contribution is 0.475. The predicted molar refractivity (Wildman–Crippen MR) is 91.3 cm³/mol. The molecule has 0 spiro atoms. The summed E-state index contributed by atoms with van der Waals surface area (Å²) in [7, 11) is 0. The van der Waals surface area contributed by atoms with Crippen molar-refractivity contribution < 1.29 is 10.2 Å². The number of hydrogen-bond acceptors (Lipinski definition) is 2. The van der Waals surface area contributed by atoms with E-state index < -0.39 is 0 Å². The Morgan fingerprint density at radius 3 is 1.23 bits per heavy atom. The van der Waals surface area contributed by atoms with E-state index in [9.17, 15) is 10.2 Å². The largest absolute Gasteiger partial charge is 0.508 e. The van der Waals surface area contributed by atoms with Gasteiger partial charge in [-0.05, 0) is 53.1 Å². The molecule has 0 saturated carbocycles. The van der Waals surface area contributed by atoms with Gasteiger partial charge in [0.05, 0.1) is 0 Å². The molecule has 0 aliphatic heterocycles. The Balaban J connectivity index is 2.10. The van der Waals surface area contributed by atoms with E-state index in [2.05, 4.69) is 28.1 Å². The van der Waals surface area contributed by atoms with Gasteiger partial charge in [0, 0.05) is 10.4 Å². The van der Waals surface area contributed by atoms with E-state index in [4.69, 9.17) is 0 Å². The molecule has 0 aliphatic rings. The zero-order valence-corrected chi connectivity index (χ0v) is 13.4. The number of rotatable bonds is 3. The van der Waals surface area contributed by atoms with Crippen molar-refractivity contribution >= 4 is 15.9 Å². The van der Waals surface area contributed by atoms with Gasteiger partial charge in [-0.15, -0.1) is 0 Å². The minimum atomic E-state index is 0.0503. The highest BCUT2D eigenvalue weighted by atomic mass is 79.9. The van der Waals surface area contributed by atoms with Crippen LogP contribution in [-0.4, -0.2) is 10.2 Å². The fraction of sp³-hybridized carbons (Fsp3) is 0.0526. The molecule has 0 aliphatic carbocycles. The average Bonchev–Trinajstić information content (AvgIpc) is 2.53. The smallest absolute Gasteiger partial charge is 0.115 e. The summed E-state index contributed by atoms with van der Waals surface area (Å²) in [6.45, 7) is 0. The third kappa shape index (κ3) is 3.15. The summed E-state index contributed by atoms with van der Waals surface area (Å²) >= 11 is 3.46. The van der Waals surface area contributed by atoms with Gasteiger partial charge in [0.25, 0.3) is 0 Å². The number of benzene rings is 3. The Morgan fingerprint density at radius 1 is 0.545 bits per heavy atom. The standard InChI is InChI=1S/C19H15BrO2/c20-16-7-1-13(2-8-16)19(14-3-9-17(21)10-4-14)15-5-11-18(22)12-6-15/h1-12,19,21-22H. The molecule has 0 fully saturated rings. The third-order valence-electron chi connectivity index (χ3n) is 3.66. The minimum absolute atomic E-state index is 0.0503. The Bertz CT molecular complexity index is 639. The lowest BCUT2D eigenvalue weighted by atomic mass is 9.85. The number of halogens is 1. The summed E-state index contributed by atoms with van der Waals surface area (Å²) in [5.74, 6) is 0.558. The van der Waals surface area contributed by atoms with Crippen LogP contribution >= 0.6 is 15.9 Å². The van der Waals surface area contributed by atoms with Gasteiger partial charge in [0.2, 0.25) is 0 Å². The zero-order valence-electron chi connectivity index (χ0n) is 11.8. The highest BCUT2D eigenvalue weighted by Gasteiger charge is 2.16. The molecule has 0 atom stereocenters. The molecule has 110 valence electrons. The molecule has 3 heteroatoms. The van der Waals surface area contributed by atoms with Crippen LogP contribution in [0, 0.1) is 0 Å². The van der Waals surface area contributed by atoms with Gasteiger partial charge in [0.1, 0.15) is 11.5 Å². The maximum Gasteiger partial charge on any atom is 0.115 e. The van der Waals surface area contributed by atoms with Crippen LogP contribution in [0.1, 0.15) is 22.6 Å². The molecule has 0 radical (unpaired) electrons. The van der Waals surface area contributed by atoms with Crippen molar-refractivity contribution in [3.05, 3.63) is 94.0 Å². The molecule has 0 aromatic heterocycles. The van der Waals surface area contributed by atoms with Gasteiger partial charge in [-0.3, -0.25) is 0 Å². The molecule has 3 aromatic carbocycles. The molecule has 0 heterocycles. The van der Waals surface area contributed by atoms with Crippen molar-refractivity contribution in [3.8, 4) is 11.5 Å². The first-order chi connectivity index (χ1) is 10.6. The first-order valence-corrected chi connectivity index (χ1v) is 7.76. The summed E-state index contributed by atoms with van der Waals surface area (Å²) < 4.78 is 1.03. The highest BCUT2D eigenvalue weighted by molar-refractivity contribution is 9.10. The molecule has 0 saturated heterocycles. The van der Waals surface area contributed by atoms with E-state index in [1.807, 2.05) is 36.4 Å². The summed E-state index contributed by atoms with van der Waals surface area (Å²) in [6.07, 6.45) is 0. The topological polar surface area (TPSA) is 40.5 Å². The molecule has 2 N–H and O–H groups in total. The first kappa shape index (κ1) is 14.7. The molecule has 22 heavy (non-hydrogen) atoms. The summed E-state index contributed by atoms with van der Waals surface area (Å²) in [4.78, 5) is 0. The van der Waals surface area contributed by atoms with Crippen LogP contribution in [0.3, 0.4) is 0 Å². The normalized spacial score (nSPS) is 10.8. The van der Waals surface area contributed by atoms with Crippen LogP contribution in [0.5, 0.6) is 11.5 Å². The Hall–Kier alpha value is -2.26. The Morgan fingerprint density at radius 2 is 0.864 bits per heavy atom. The zero-order chi connectivity index (χ0) is 15.5. The van der Waals surface area contributed by atoms with Gasteiger partial charge in [0.15, 0.2) is 0 Å². The molecular weight excluding hydrogens is 340 g/mol. The fourth-order valence-electron chi connectivity index (χ4n) is 2.57. The van der Waals surface area contributed by atoms with Gasteiger partial charge >= 0.3 is 0 Å².